The van der Waals surface area contributed by atoms with E-state index in [1.54, 1.807) is 11.3 Å². The summed E-state index contributed by atoms with van der Waals surface area (Å²) < 4.78 is 0. The van der Waals surface area contributed by atoms with Crippen molar-refractivity contribution in [1.82, 2.24) is 4.98 Å². The smallest absolute Gasteiger partial charge is 0.123 e. The van der Waals surface area contributed by atoms with E-state index in [0.717, 1.165) is 16.3 Å². The van der Waals surface area contributed by atoms with Gasteiger partial charge in [-0.25, -0.2) is 4.98 Å². The van der Waals surface area contributed by atoms with Gasteiger partial charge < -0.3 is 5.11 Å². The molecule has 1 heterocycles. The van der Waals surface area contributed by atoms with Crippen molar-refractivity contribution in [1.29, 1.82) is 0 Å². The standard InChI is InChI=1S/C15H13NOS/c1-10-2-3-12-7-13(5-4-11(12)6-10)15-16-14(8-17)9-18-15/h2-7,9,17H,8H2,1H3. The van der Waals surface area contributed by atoms with Gasteiger partial charge in [0.1, 0.15) is 5.01 Å². The third kappa shape index (κ3) is 2.03. The first-order chi connectivity index (χ1) is 8.76. The minimum atomic E-state index is 0.00325. The lowest BCUT2D eigenvalue weighted by Gasteiger charge is -2.02. The molecule has 18 heavy (non-hydrogen) atoms. The number of hydrogen-bond acceptors (Lipinski definition) is 3. The molecule has 0 bridgehead atoms. The van der Waals surface area contributed by atoms with Crippen LogP contribution in [0.3, 0.4) is 0 Å². The molecule has 0 aliphatic rings. The number of benzene rings is 2. The molecule has 3 aromatic rings. The molecule has 90 valence electrons. The molecule has 0 spiro atoms. The number of thiazole rings is 1. The Morgan fingerprint density at radius 1 is 1.11 bits per heavy atom. The Morgan fingerprint density at radius 2 is 1.89 bits per heavy atom. The highest BCUT2D eigenvalue weighted by Crippen LogP contribution is 2.27. The Hall–Kier alpha value is -1.71. The van der Waals surface area contributed by atoms with Crippen molar-refractivity contribution in [2.75, 3.05) is 0 Å². The molecule has 3 heteroatoms. The highest BCUT2D eigenvalue weighted by Gasteiger charge is 2.05. The van der Waals surface area contributed by atoms with Crippen molar-refractivity contribution >= 4 is 22.1 Å². The van der Waals surface area contributed by atoms with E-state index in [1.807, 2.05) is 5.38 Å². The summed E-state index contributed by atoms with van der Waals surface area (Å²) in [6.07, 6.45) is 0. The third-order valence-corrected chi connectivity index (χ3v) is 3.90. The first kappa shape index (κ1) is 11.4. The number of fused-ring (bicyclic) bond motifs is 1. The van der Waals surface area contributed by atoms with Gasteiger partial charge >= 0.3 is 0 Å². The minimum absolute atomic E-state index is 0.00325. The summed E-state index contributed by atoms with van der Waals surface area (Å²) in [4.78, 5) is 4.39. The maximum atomic E-state index is 9.04. The molecule has 2 aromatic carbocycles. The highest BCUT2D eigenvalue weighted by atomic mass is 32.1. The lowest BCUT2D eigenvalue weighted by Crippen LogP contribution is -1.83. The molecule has 0 saturated carbocycles. The number of aromatic nitrogens is 1. The molecule has 0 unspecified atom stereocenters. The molecule has 0 saturated heterocycles. The van der Waals surface area contributed by atoms with E-state index in [1.165, 1.54) is 16.3 Å². The average molecular weight is 255 g/mol. The number of hydrogen-bond donors (Lipinski definition) is 1. The molecule has 0 atom stereocenters. The summed E-state index contributed by atoms with van der Waals surface area (Å²) >= 11 is 1.57. The lowest BCUT2D eigenvalue weighted by molar-refractivity contribution is 0.278. The largest absolute Gasteiger partial charge is 0.390 e. The number of aryl methyl sites for hydroxylation is 1. The van der Waals surface area contributed by atoms with Gasteiger partial charge in [-0.3, -0.25) is 0 Å². The molecule has 0 radical (unpaired) electrons. The van der Waals surface area contributed by atoms with Crippen LogP contribution in [0, 0.1) is 6.92 Å². The van der Waals surface area contributed by atoms with Crippen molar-refractivity contribution in [2.24, 2.45) is 0 Å². The first-order valence-corrected chi connectivity index (χ1v) is 6.70. The number of aliphatic hydroxyl groups is 1. The van der Waals surface area contributed by atoms with E-state index in [2.05, 4.69) is 48.3 Å². The fraction of sp³-hybridized carbons (Fsp3) is 0.133. The minimum Gasteiger partial charge on any atom is -0.390 e. The van der Waals surface area contributed by atoms with Crippen molar-refractivity contribution in [3.05, 3.63) is 53.0 Å². The summed E-state index contributed by atoms with van der Waals surface area (Å²) in [5.74, 6) is 0. The molecule has 0 aliphatic carbocycles. The molecular formula is C15H13NOS. The molecule has 1 aromatic heterocycles. The predicted octanol–water partition coefficient (Wildman–Crippen LogP) is 3.76. The summed E-state index contributed by atoms with van der Waals surface area (Å²) in [5, 5.41) is 14.4. The number of rotatable bonds is 2. The van der Waals surface area contributed by atoms with Crippen LogP contribution in [0.5, 0.6) is 0 Å². The van der Waals surface area contributed by atoms with Gasteiger partial charge in [0.15, 0.2) is 0 Å². The van der Waals surface area contributed by atoms with E-state index < -0.39 is 0 Å². The average Bonchev–Trinajstić information content (AvgIpc) is 2.87. The number of nitrogens with zero attached hydrogens (tertiary/aromatic N) is 1. The Morgan fingerprint density at radius 3 is 2.67 bits per heavy atom. The normalized spacial score (nSPS) is 11.0. The quantitative estimate of drug-likeness (QED) is 0.756. The Bertz CT molecular complexity index is 703. The fourth-order valence-corrected chi connectivity index (χ4v) is 2.82. The topological polar surface area (TPSA) is 33.1 Å². The van der Waals surface area contributed by atoms with Crippen LogP contribution >= 0.6 is 11.3 Å². The highest BCUT2D eigenvalue weighted by molar-refractivity contribution is 7.13. The van der Waals surface area contributed by atoms with E-state index in [0.29, 0.717) is 0 Å². The maximum absolute atomic E-state index is 9.04. The molecule has 1 N–H and O–H groups in total. The van der Waals surface area contributed by atoms with Gasteiger partial charge in [-0.15, -0.1) is 11.3 Å². The second-order valence-electron chi connectivity index (χ2n) is 4.37. The van der Waals surface area contributed by atoms with E-state index in [4.69, 9.17) is 5.11 Å². The summed E-state index contributed by atoms with van der Waals surface area (Å²) in [5.41, 5.74) is 3.11. The third-order valence-electron chi connectivity index (χ3n) is 2.96. The maximum Gasteiger partial charge on any atom is 0.123 e. The molecule has 2 nitrogen and oxygen atoms in total. The van der Waals surface area contributed by atoms with Gasteiger partial charge in [-0.2, -0.15) is 0 Å². The van der Waals surface area contributed by atoms with Gasteiger partial charge in [-0.05, 0) is 23.8 Å². The second kappa shape index (κ2) is 4.52. The Kier molecular flexibility index (Phi) is 2.86. The predicted molar refractivity (Wildman–Crippen MR) is 75.7 cm³/mol. The van der Waals surface area contributed by atoms with Crippen LogP contribution in [0.2, 0.25) is 0 Å². The van der Waals surface area contributed by atoms with Crippen LogP contribution in [0.25, 0.3) is 21.3 Å². The number of aliphatic hydroxyl groups excluding tert-OH is 1. The van der Waals surface area contributed by atoms with Crippen LogP contribution in [0.4, 0.5) is 0 Å². The summed E-state index contributed by atoms with van der Waals surface area (Å²) in [6.45, 7) is 2.10. The summed E-state index contributed by atoms with van der Waals surface area (Å²) in [7, 11) is 0. The van der Waals surface area contributed by atoms with Crippen molar-refractivity contribution < 1.29 is 5.11 Å². The zero-order chi connectivity index (χ0) is 12.5. The molecular weight excluding hydrogens is 242 g/mol. The fourth-order valence-electron chi connectivity index (χ4n) is 2.01. The Balaban J connectivity index is 2.10. The molecule has 0 fully saturated rings. The van der Waals surface area contributed by atoms with Crippen molar-refractivity contribution in [2.45, 2.75) is 13.5 Å². The summed E-state index contributed by atoms with van der Waals surface area (Å²) in [6, 6.07) is 12.8. The van der Waals surface area contributed by atoms with E-state index >= 15 is 0 Å². The second-order valence-corrected chi connectivity index (χ2v) is 5.23. The van der Waals surface area contributed by atoms with E-state index in [9.17, 15) is 0 Å². The lowest BCUT2D eigenvalue weighted by atomic mass is 10.1. The van der Waals surface area contributed by atoms with Gasteiger partial charge in [0.05, 0.1) is 12.3 Å². The zero-order valence-electron chi connectivity index (χ0n) is 10.1. The molecule has 3 rings (SSSR count). The van der Waals surface area contributed by atoms with Crippen LogP contribution < -0.4 is 0 Å². The Labute approximate surface area is 110 Å². The van der Waals surface area contributed by atoms with Crippen molar-refractivity contribution in [3.63, 3.8) is 0 Å². The van der Waals surface area contributed by atoms with Gasteiger partial charge in [-0.1, -0.05) is 35.9 Å². The van der Waals surface area contributed by atoms with Crippen molar-refractivity contribution in [3.8, 4) is 10.6 Å². The monoisotopic (exact) mass is 255 g/mol. The van der Waals surface area contributed by atoms with Gasteiger partial charge in [0.25, 0.3) is 0 Å². The van der Waals surface area contributed by atoms with E-state index in [-0.39, 0.29) is 6.61 Å². The van der Waals surface area contributed by atoms with Gasteiger partial charge in [0.2, 0.25) is 0 Å². The van der Waals surface area contributed by atoms with Crippen LogP contribution in [0.1, 0.15) is 11.3 Å². The SMILES string of the molecule is Cc1ccc2cc(-c3nc(CO)cs3)ccc2c1. The zero-order valence-corrected chi connectivity index (χ0v) is 10.9. The van der Waals surface area contributed by atoms with Crippen LogP contribution in [-0.4, -0.2) is 10.1 Å². The molecule has 0 aliphatic heterocycles. The van der Waals surface area contributed by atoms with Crippen LogP contribution in [-0.2, 0) is 6.61 Å². The first-order valence-electron chi connectivity index (χ1n) is 5.82. The van der Waals surface area contributed by atoms with Gasteiger partial charge in [0, 0.05) is 10.9 Å². The molecule has 0 amide bonds. The van der Waals surface area contributed by atoms with Crippen LogP contribution in [0.15, 0.2) is 41.8 Å².